The van der Waals surface area contributed by atoms with E-state index < -0.39 is 96.1 Å². The average Bonchev–Trinajstić information content (AvgIpc) is 3.62. The lowest BCUT2D eigenvalue weighted by Gasteiger charge is -2.32. The van der Waals surface area contributed by atoms with Gasteiger partial charge in [-0.3, -0.25) is 24.0 Å². The Labute approximate surface area is 324 Å². The Morgan fingerprint density at radius 2 is 1.21 bits per heavy atom. The predicted octanol–water partition coefficient (Wildman–Crippen LogP) is 2.83. The number of rotatable bonds is 14. The van der Waals surface area contributed by atoms with E-state index in [-0.39, 0.29) is 60.7 Å². The lowest BCUT2D eigenvalue weighted by molar-refractivity contribution is -0.197. The number of halogens is 2. The summed E-state index contributed by atoms with van der Waals surface area (Å²) in [6.07, 6.45) is -0.724. The molecule has 4 amide bonds. The van der Waals surface area contributed by atoms with E-state index in [1.807, 2.05) is 55.4 Å². The second kappa shape index (κ2) is 16.2. The molecule has 2 aromatic carbocycles. The Bertz CT molecular complexity index is 1870. The molecular weight excluding hydrogens is 734 g/mol. The number of nitrogens with zero attached hydrogens (tertiary/aromatic N) is 1. The quantitative estimate of drug-likeness (QED) is 0.164. The monoisotopic (exact) mass is 781 g/mol. The summed E-state index contributed by atoms with van der Waals surface area (Å²) >= 11 is 0. The number of hydroxylamine groups is 2. The number of benzene rings is 2. The maximum absolute atomic E-state index is 15.4. The van der Waals surface area contributed by atoms with Crippen molar-refractivity contribution < 1.29 is 61.0 Å². The van der Waals surface area contributed by atoms with Crippen molar-refractivity contribution in [2.45, 2.75) is 122 Å². The third kappa shape index (κ3) is 9.20. The molecule has 0 spiro atoms. The molecule has 2 N–H and O–H groups in total. The Balaban J connectivity index is 1.23. The van der Waals surface area contributed by atoms with Crippen molar-refractivity contribution in [2.75, 3.05) is 6.54 Å². The Kier molecular flexibility index (Phi) is 12.3. The van der Waals surface area contributed by atoms with E-state index in [0.717, 1.165) is 12.1 Å². The minimum Gasteiger partial charge on any atom is -0.399 e. The van der Waals surface area contributed by atoms with Gasteiger partial charge in [0.2, 0.25) is 5.91 Å². The van der Waals surface area contributed by atoms with Crippen LogP contribution in [-0.4, -0.2) is 89.7 Å². The van der Waals surface area contributed by atoms with Crippen LogP contribution in [0.4, 0.5) is 8.78 Å². The molecule has 3 heterocycles. The zero-order chi connectivity index (χ0) is 41.4. The molecule has 300 valence electrons. The van der Waals surface area contributed by atoms with Crippen LogP contribution in [0.25, 0.3) is 0 Å². The first kappa shape index (κ1) is 42.6. The van der Waals surface area contributed by atoms with Gasteiger partial charge in [-0.25, -0.2) is 13.6 Å². The van der Waals surface area contributed by atoms with E-state index in [9.17, 15) is 28.8 Å². The molecular formula is C38H47B2F2N3O11. The van der Waals surface area contributed by atoms with Gasteiger partial charge in [0.1, 0.15) is 17.7 Å². The molecule has 3 aliphatic heterocycles. The fourth-order valence-electron chi connectivity index (χ4n) is 6.03. The van der Waals surface area contributed by atoms with Crippen LogP contribution < -0.4 is 21.6 Å². The molecule has 0 saturated carbocycles. The average molecular weight is 781 g/mol. The van der Waals surface area contributed by atoms with Crippen LogP contribution in [0.15, 0.2) is 36.4 Å². The van der Waals surface area contributed by atoms with E-state index >= 15 is 8.78 Å². The number of hydrogen-bond donors (Lipinski definition) is 2. The highest BCUT2D eigenvalue weighted by Gasteiger charge is 2.53. The van der Waals surface area contributed by atoms with E-state index in [1.165, 1.54) is 24.3 Å². The van der Waals surface area contributed by atoms with Crippen LogP contribution in [0.1, 0.15) is 115 Å². The highest BCUT2D eigenvalue weighted by atomic mass is 19.1. The highest BCUT2D eigenvalue weighted by Crippen LogP contribution is 2.37. The summed E-state index contributed by atoms with van der Waals surface area (Å²) in [5.41, 5.74) is -2.65. The minimum absolute atomic E-state index is 0.0637. The van der Waals surface area contributed by atoms with E-state index in [4.69, 9.17) is 23.5 Å². The topological polar surface area (TPSA) is 176 Å². The first-order valence-electron chi connectivity index (χ1n) is 18.5. The molecule has 0 bridgehead atoms. The van der Waals surface area contributed by atoms with Crippen molar-refractivity contribution in [1.29, 1.82) is 0 Å². The first-order valence-corrected chi connectivity index (χ1v) is 18.5. The maximum atomic E-state index is 15.4. The molecule has 0 radical (unpaired) electrons. The van der Waals surface area contributed by atoms with Gasteiger partial charge in [0.25, 0.3) is 17.7 Å². The number of Topliss-reactive ketones (excluding diaryl/α,β-unsaturated/α-hetero) is 1. The standard InChI is InChI=1S/C38H47B2F2N3O11/c1-35(2)36(3,4)54-39(53-35)24-14-12-22(20-26(24)41)29(46)11-9-10-28(34(51)43-19-18-32(49)52-45-30(47)16-17-31(45)48)44-33(50)23-13-15-25(27(42)21-23)40-55-37(5,6)38(7,8)56-40/h12-15,20-21,28H,9-11,16-19H2,1-8H3,(H,43,51)(H,44,50)/t28-/m1/s1. The fourth-order valence-corrected chi connectivity index (χ4v) is 6.03. The number of ketones is 1. The number of hydrogen-bond acceptors (Lipinski definition) is 11. The Morgan fingerprint density at radius 1 is 0.750 bits per heavy atom. The highest BCUT2D eigenvalue weighted by molar-refractivity contribution is 6.62. The lowest BCUT2D eigenvalue weighted by Crippen LogP contribution is -2.47. The molecule has 14 nitrogen and oxygen atoms in total. The van der Waals surface area contributed by atoms with Gasteiger partial charge in [0.05, 0.1) is 28.8 Å². The predicted molar refractivity (Wildman–Crippen MR) is 198 cm³/mol. The minimum atomic E-state index is -1.26. The molecule has 18 heteroatoms. The SMILES string of the molecule is CC1(C)OB(c2ccc(C(=O)CCC[C@@H](NC(=O)c3ccc(B4OC(C)(C)C(C)(C)O4)c(F)c3)C(=O)NCCC(=O)ON3C(=O)CCC3=O)cc2F)OC1(C)C. The van der Waals surface area contributed by atoms with Crippen molar-refractivity contribution in [3.05, 3.63) is 59.2 Å². The number of carbonyl (C=O) groups excluding carboxylic acids is 6. The summed E-state index contributed by atoms with van der Waals surface area (Å²) in [7, 11) is -1.98. The third-order valence-corrected chi connectivity index (χ3v) is 10.9. The van der Waals surface area contributed by atoms with E-state index in [2.05, 4.69) is 10.6 Å². The summed E-state index contributed by atoms with van der Waals surface area (Å²) in [6.45, 7) is 14.4. The van der Waals surface area contributed by atoms with Crippen molar-refractivity contribution in [3.63, 3.8) is 0 Å². The van der Waals surface area contributed by atoms with Gasteiger partial charge >= 0.3 is 20.2 Å². The zero-order valence-electron chi connectivity index (χ0n) is 32.8. The normalized spacial score (nSPS) is 19.9. The van der Waals surface area contributed by atoms with Crippen molar-refractivity contribution in [2.24, 2.45) is 0 Å². The molecule has 3 saturated heterocycles. The van der Waals surface area contributed by atoms with Crippen LogP contribution in [0.3, 0.4) is 0 Å². The summed E-state index contributed by atoms with van der Waals surface area (Å²) in [5.74, 6) is -5.69. The summed E-state index contributed by atoms with van der Waals surface area (Å²) in [4.78, 5) is 80.5. The third-order valence-electron chi connectivity index (χ3n) is 10.9. The molecule has 5 rings (SSSR count). The second-order valence-corrected chi connectivity index (χ2v) is 16.1. The van der Waals surface area contributed by atoms with Crippen LogP contribution in [0.5, 0.6) is 0 Å². The van der Waals surface area contributed by atoms with Gasteiger partial charge in [0.15, 0.2) is 5.78 Å². The molecule has 56 heavy (non-hydrogen) atoms. The lowest BCUT2D eigenvalue weighted by atomic mass is 9.78. The summed E-state index contributed by atoms with van der Waals surface area (Å²) in [6, 6.07) is 6.43. The number of nitrogens with one attached hydrogen (secondary N) is 2. The largest absolute Gasteiger partial charge is 0.497 e. The van der Waals surface area contributed by atoms with Crippen LogP contribution in [0.2, 0.25) is 0 Å². The van der Waals surface area contributed by atoms with Crippen molar-refractivity contribution >= 4 is 60.5 Å². The van der Waals surface area contributed by atoms with Crippen LogP contribution in [0, 0.1) is 11.6 Å². The van der Waals surface area contributed by atoms with Crippen molar-refractivity contribution in [1.82, 2.24) is 15.7 Å². The fraction of sp³-hybridized carbons (Fsp3) is 0.526. The Morgan fingerprint density at radius 3 is 1.70 bits per heavy atom. The molecule has 0 unspecified atom stereocenters. The molecule has 3 fully saturated rings. The number of carbonyl (C=O) groups is 6. The summed E-state index contributed by atoms with van der Waals surface area (Å²) in [5, 5.41) is 5.46. The molecule has 0 aliphatic carbocycles. The number of imide groups is 1. The van der Waals surface area contributed by atoms with Gasteiger partial charge in [-0.1, -0.05) is 18.2 Å². The van der Waals surface area contributed by atoms with E-state index in [1.54, 1.807) is 0 Å². The van der Waals surface area contributed by atoms with Gasteiger partial charge < -0.3 is 34.1 Å². The molecule has 1 atom stereocenters. The van der Waals surface area contributed by atoms with Gasteiger partial charge in [-0.05, 0) is 86.4 Å². The summed E-state index contributed by atoms with van der Waals surface area (Å²) < 4.78 is 54.3. The molecule has 2 aromatic rings. The Hall–Kier alpha value is -4.51. The van der Waals surface area contributed by atoms with Crippen LogP contribution >= 0.6 is 0 Å². The second-order valence-electron chi connectivity index (χ2n) is 16.1. The maximum Gasteiger partial charge on any atom is 0.497 e. The van der Waals surface area contributed by atoms with Gasteiger partial charge in [-0.15, -0.1) is 5.06 Å². The van der Waals surface area contributed by atoms with Crippen LogP contribution in [-0.2, 0) is 42.6 Å². The zero-order valence-corrected chi connectivity index (χ0v) is 32.8. The van der Waals surface area contributed by atoms with Gasteiger partial charge in [-0.2, -0.15) is 0 Å². The smallest absolute Gasteiger partial charge is 0.399 e. The van der Waals surface area contributed by atoms with Crippen molar-refractivity contribution in [3.8, 4) is 0 Å². The first-order chi connectivity index (χ1) is 26.0. The number of amides is 4. The van der Waals surface area contributed by atoms with E-state index in [0.29, 0.717) is 5.06 Å². The van der Waals surface area contributed by atoms with Gasteiger partial charge in [0, 0.05) is 47.9 Å². The molecule has 3 aliphatic rings. The molecule has 0 aromatic heterocycles.